The second kappa shape index (κ2) is 9.14. The molecule has 2 rings (SSSR count). The first-order valence-electron chi connectivity index (χ1n) is 8.59. The van der Waals surface area contributed by atoms with Gasteiger partial charge >= 0.3 is 0 Å². The monoisotopic (exact) mass is 327 g/mol. The zero-order valence-electron chi connectivity index (χ0n) is 14.5. The van der Waals surface area contributed by atoms with Gasteiger partial charge in [-0.05, 0) is 53.8 Å². The van der Waals surface area contributed by atoms with Gasteiger partial charge in [0.25, 0.3) is 0 Å². The van der Waals surface area contributed by atoms with E-state index in [0.717, 1.165) is 5.92 Å². The lowest BCUT2D eigenvalue weighted by Gasteiger charge is -2.24. The summed E-state index contributed by atoms with van der Waals surface area (Å²) in [5.74, 6) is 2.76. The van der Waals surface area contributed by atoms with Gasteiger partial charge in [0.2, 0.25) is 0 Å². The average molecular weight is 328 g/mol. The first-order chi connectivity index (χ1) is 11.1. The summed E-state index contributed by atoms with van der Waals surface area (Å²) in [5, 5.41) is 0. The summed E-state index contributed by atoms with van der Waals surface area (Å²) >= 11 is 1.95. The highest BCUT2D eigenvalue weighted by Gasteiger charge is 2.20. The van der Waals surface area contributed by atoms with Crippen molar-refractivity contribution in [3.63, 3.8) is 0 Å². The smallest absolute Gasteiger partial charge is 0.0127 e. The first-order valence-corrected chi connectivity index (χ1v) is 9.58. The summed E-state index contributed by atoms with van der Waals surface area (Å²) in [6.07, 6.45) is 1.27. The molecule has 0 saturated heterocycles. The Morgan fingerprint density at radius 1 is 0.870 bits per heavy atom. The van der Waals surface area contributed by atoms with Gasteiger partial charge in [0, 0.05) is 10.8 Å². The second-order valence-electron chi connectivity index (χ2n) is 6.70. The fourth-order valence-electron chi connectivity index (χ4n) is 2.83. The van der Waals surface area contributed by atoms with Gasteiger partial charge in [-0.3, -0.25) is 0 Å². The van der Waals surface area contributed by atoms with Crippen LogP contribution in [0.4, 0.5) is 0 Å². The number of rotatable bonds is 8. The highest BCUT2D eigenvalue weighted by Crippen LogP contribution is 2.32. The van der Waals surface area contributed by atoms with Crippen LogP contribution in [0, 0.1) is 11.8 Å². The number of nitrogens with two attached hydrogens (primary N) is 1. The summed E-state index contributed by atoms with van der Waals surface area (Å²) in [5.41, 5.74) is 8.68. The maximum Gasteiger partial charge on any atom is 0.0127 e. The quantitative estimate of drug-likeness (QED) is 0.643. The molecule has 0 aliphatic rings. The maximum absolute atomic E-state index is 5.97. The van der Waals surface area contributed by atoms with E-state index in [-0.39, 0.29) is 0 Å². The minimum atomic E-state index is 0.371. The van der Waals surface area contributed by atoms with Crippen LogP contribution in [-0.4, -0.2) is 12.3 Å². The predicted octanol–water partition coefficient (Wildman–Crippen LogP) is 5.55. The van der Waals surface area contributed by atoms with Crippen LogP contribution >= 0.6 is 11.8 Å². The van der Waals surface area contributed by atoms with Crippen LogP contribution in [0.25, 0.3) is 0 Å². The largest absolute Gasteiger partial charge is 0.330 e. The molecule has 0 heterocycles. The van der Waals surface area contributed by atoms with Crippen molar-refractivity contribution < 1.29 is 0 Å². The Hall–Kier alpha value is -1.25. The van der Waals surface area contributed by atoms with E-state index in [1.54, 1.807) is 0 Å². The molecular formula is C21H29NS. The molecule has 0 amide bonds. The lowest BCUT2D eigenvalue weighted by Crippen LogP contribution is -2.20. The zero-order valence-corrected chi connectivity index (χ0v) is 15.4. The lowest BCUT2D eigenvalue weighted by molar-refractivity contribution is 0.523. The third-order valence-corrected chi connectivity index (χ3v) is 5.35. The summed E-state index contributed by atoms with van der Waals surface area (Å²) in [7, 11) is 0. The molecule has 2 N–H and O–H groups in total. The first kappa shape index (κ1) is 18.1. The zero-order chi connectivity index (χ0) is 16.7. The number of benzene rings is 2. The maximum atomic E-state index is 5.97. The van der Waals surface area contributed by atoms with Gasteiger partial charge in [0.1, 0.15) is 0 Å². The molecule has 0 aliphatic heterocycles. The van der Waals surface area contributed by atoms with Crippen molar-refractivity contribution in [3.05, 3.63) is 65.7 Å². The van der Waals surface area contributed by atoms with Crippen LogP contribution in [0.1, 0.15) is 44.2 Å². The normalized spacial score (nSPS) is 14.0. The molecule has 0 saturated carbocycles. The van der Waals surface area contributed by atoms with E-state index in [9.17, 15) is 0 Å². The Morgan fingerprint density at radius 2 is 1.48 bits per heavy atom. The third kappa shape index (κ3) is 5.40. The molecule has 0 aliphatic carbocycles. The molecule has 2 aromatic carbocycles. The summed E-state index contributed by atoms with van der Waals surface area (Å²) in [6, 6.07) is 19.8. The summed E-state index contributed by atoms with van der Waals surface area (Å²) in [6.45, 7) is 7.50. The highest BCUT2D eigenvalue weighted by molar-refractivity contribution is 7.99. The fraction of sp³-hybridized carbons (Fsp3) is 0.429. The standard InChI is InChI=1S/C21H29NS/c1-16(2)13-14-23-20-11-9-19(10-12-20)21(17(3)15-22)18-7-5-4-6-8-18/h4-12,16-17,21H,13-15,22H2,1-3H3. The van der Waals surface area contributed by atoms with Gasteiger partial charge in [-0.25, -0.2) is 0 Å². The number of hydrogen-bond acceptors (Lipinski definition) is 2. The molecule has 124 valence electrons. The van der Waals surface area contributed by atoms with Gasteiger partial charge < -0.3 is 5.73 Å². The van der Waals surface area contributed by atoms with E-state index in [4.69, 9.17) is 5.73 Å². The minimum Gasteiger partial charge on any atom is -0.330 e. The van der Waals surface area contributed by atoms with Gasteiger partial charge in [0.05, 0.1) is 0 Å². The predicted molar refractivity (Wildman–Crippen MR) is 103 cm³/mol. The van der Waals surface area contributed by atoms with E-state index >= 15 is 0 Å². The topological polar surface area (TPSA) is 26.0 Å². The molecule has 2 heteroatoms. The Morgan fingerprint density at radius 3 is 2.04 bits per heavy atom. The van der Waals surface area contributed by atoms with Gasteiger partial charge in [-0.2, -0.15) is 0 Å². The Kier molecular flexibility index (Phi) is 7.19. The van der Waals surface area contributed by atoms with E-state index in [2.05, 4.69) is 75.4 Å². The fourth-order valence-corrected chi connectivity index (χ4v) is 3.98. The molecule has 0 aromatic heterocycles. The van der Waals surface area contributed by atoms with Crippen molar-refractivity contribution in [3.8, 4) is 0 Å². The van der Waals surface area contributed by atoms with E-state index in [1.807, 2.05) is 11.8 Å². The van der Waals surface area contributed by atoms with E-state index in [0.29, 0.717) is 18.4 Å². The highest BCUT2D eigenvalue weighted by atomic mass is 32.2. The van der Waals surface area contributed by atoms with Gasteiger partial charge in [-0.15, -0.1) is 11.8 Å². The van der Waals surface area contributed by atoms with Crippen molar-refractivity contribution in [1.29, 1.82) is 0 Å². The molecule has 0 spiro atoms. The minimum absolute atomic E-state index is 0.371. The van der Waals surface area contributed by atoms with Crippen LogP contribution in [0.2, 0.25) is 0 Å². The molecule has 2 unspecified atom stereocenters. The van der Waals surface area contributed by atoms with Crippen LogP contribution in [-0.2, 0) is 0 Å². The van der Waals surface area contributed by atoms with Crippen molar-refractivity contribution >= 4 is 11.8 Å². The van der Waals surface area contributed by atoms with Crippen molar-refractivity contribution in [2.45, 2.75) is 38.0 Å². The molecule has 0 radical (unpaired) electrons. The number of thioether (sulfide) groups is 1. The molecule has 2 aromatic rings. The molecule has 2 atom stereocenters. The van der Waals surface area contributed by atoms with Gasteiger partial charge in [0.15, 0.2) is 0 Å². The summed E-state index contributed by atoms with van der Waals surface area (Å²) < 4.78 is 0. The van der Waals surface area contributed by atoms with Crippen LogP contribution in [0.3, 0.4) is 0 Å². The molecule has 0 fully saturated rings. The number of hydrogen-bond donors (Lipinski definition) is 1. The van der Waals surface area contributed by atoms with Crippen molar-refractivity contribution in [2.75, 3.05) is 12.3 Å². The van der Waals surface area contributed by atoms with Crippen LogP contribution in [0.15, 0.2) is 59.5 Å². The third-order valence-electron chi connectivity index (χ3n) is 4.30. The molecule has 1 nitrogen and oxygen atoms in total. The Labute approximate surface area is 145 Å². The average Bonchev–Trinajstić information content (AvgIpc) is 2.57. The Bertz CT molecular complexity index is 562. The summed E-state index contributed by atoms with van der Waals surface area (Å²) in [4.78, 5) is 1.36. The van der Waals surface area contributed by atoms with E-state index < -0.39 is 0 Å². The second-order valence-corrected chi connectivity index (χ2v) is 7.87. The molecule has 23 heavy (non-hydrogen) atoms. The Balaban J connectivity index is 2.13. The van der Waals surface area contributed by atoms with E-state index in [1.165, 1.54) is 28.2 Å². The molecule has 0 bridgehead atoms. The van der Waals surface area contributed by atoms with Crippen molar-refractivity contribution in [1.82, 2.24) is 0 Å². The van der Waals surface area contributed by atoms with Crippen molar-refractivity contribution in [2.24, 2.45) is 17.6 Å². The van der Waals surface area contributed by atoms with Crippen LogP contribution in [0.5, 0.6) is 0 Å². The SMILES string of the molecule is CC(C)CCSc1ccc(C(c2ccccc2)C(C)CN)cc1. The molecular weight excluding hydrogens is 298 g/mol. The van der Waals surface area contributed by atoms with Gasteiger partial charge in [-0.1, -0.05) is 63.2 Å². The lowest BCUT2D eigenvalue weighted by atomic mass is 9.82. The van der Waals surface area contributed by atoms with Crippen LogP contribution < -0.4 is 5.73 Å².